The zero-order valence-electron chi connectivity index (χ0n) is 9.55. The quantitative estimate of drug-likeness (QED) is 0.532. The van der Waals surface area contributed by atoms with Gasteiger partial charge in [-0.05, 0) is 54.1 Å². The van der Waals surface area contributed by atoms with E-state index in [9.17, 15) is 9.18 Å². The third-order valence-electron chi connectivity index (χ3n) is 2.39. The van der Waals surface area contributed by atoms with Crippen LogP contribution >= 0.6 is 38.5 Å². The number of hydrogen-bond donors (Lipinski definition) is 0. The van der Waals surface area contributed by atoms with E-state index in [1.54, 1.807) is 11.0 Å². The van der Waals surface area contributed by atoms with Crippen molar-refractivity contribution in [2.75, 3.05) is 18.4 Å². The first-order valence-electron chi connectivity index (χ1n) is 5.40. The molecule has 0 bridgehead atoms. The summed E-state index contributed by atoms with van der Waals surface area (Å²) in [6.45, 7) is 3.33. The van der Waals surface area contributed by atoms with Gasteiger partial charge in [0.05, 0.1) is 5.56 Å². The molecule has 0 aromatic heterocycles. The predicted molar refractivity (Wildman–Crippen MR) is 79.1 cm³/mol. The van der Waals surface area contributed by atoms with Crippen LogP contribution in [0.4, 0.5) is 4.39 Å². The SMILES string of the molecule is CCN(CCCBr)C(=O)c1ccc(F)cc1I. The van der Waals surface area contributed by atoms with Gasteiger partial charge in [-0.1, -0.05) is 15.9 Å². The molecule has 1 rings (SSSR count). The van der Waals surface area contributed by atoms with E-state index >= 15 is 0 Å². The van der Waals surface area contributed by atoms with Crippen molar-refractivity contribution >= 4 is 44.4 Å². The lowest BCUT2D eigenvalue weighted by molar-refractivity contribution is 0.0764. The molecule has 0 heterocycles. The van der Waals surface area contributed by atoms with Gasteiger partial charge in [-0.15, -0.1) is 0 Å². The molecule has 0 atom stereocenters. The fourth-order valence-electron chi connectivity index (χ4n) is 1.49. The normalized spacial score (nSPS) is 10.4. The molecule has 1 aromatic rings. The van der Waals surface area contributed by atoms with Crippen molar-refractivity contribution in [1.29, 1.82) is 0 Å². The van der Waals surface area contributed by atoms with Crippen molar-refractivity contribution in [1.82, 2.24) is 4.90 Å². The molecule has 1 amide bonds. The van der Waals surface area contributed by atoms with Gasteiger partial charge in [-0.25, -0.2) is 4.39 Å². The minimum absolute atomic E-state index is 0.0298. The Morgan fingerprint density at radius 3 is 2.76 bits per heavy atom. The highest BCUT2D eigenvalue weighted by Gasteiger charge is 2.16. The number of rotatable bonds is 5. The molecular weight excluding hydrogens is 400 g/mol. The van der Waals surface area contributed by atoms with Crippen LogP contribution in [0.1, 0.15) is 23.7 Å². The summed E-state index contributed by atoms with van der Waals surface area (Å²) in [4.78, 5) is 14.0. The Morgan fingerprint density at radius 1 is 1.53 bits per heavy atom. The molecule has 0 radical (unpaired) electrons. The second-order valence-corrected chi connectivity index (χ2v) is 5.51. The smallest absolute Gasteiger partial charge is 0.254 e. The van der Waals surface area contributed by atoms with Crippen molar-refractivity contribution in [2.45, 2.75) is 13.3 Å². The fourth-order valence-corrected chi connectivity index (χ4v) is 2.45. The number of carbonyl (C=O) groups is 1. The molecule has 17 heavy (non-hydrogen) atoms. The first-order valence-corrected chi connectivity index (χ1v) is 7.60. The van der Waals surface area contributed by atoms with Crippen LogP contribution in [0, 0.1) is 9.39 Å². The number of alkyl halides is 1. The summed E-state index contributed by atoms with van der Waals surface area (Å²) in [6, 6.07) is 4.26. The van der Waals surface area contributed by atoms with Crippen LogP contribution in [0.5, 0.6) is 0 Å². The van der Waals surface area contributed by atoms with Crippen LogP contribution in [-0.4, -0.2) is 29.2 Å². The molecule has 0 aliphatic carbocycles. The van der Waals surface area contributed by atoms with Crippen LogP contribution in [0.15, 0.2) is 18.2 Å². The molecule has 0 spiro atoms. The Kier molecular flexibility index (Phi) is 6.40. The second kappa shape index (κ2) is 7.31. The van der Waals surface area contributed by atoms with Crippen LogP contribution in [0.25, 0.3) is 0 Å². The Morgan fingerprint density at radius 2 is 2.24 bits per heavy atom. The average molecular weight is 414 g/mol. The maximum atomic E-state index is 13.0. The number of halogens is 3. The van der Waals surface area contributed by atoms with Gasteiger partial charge in [0.1, 0.15) is 5.82 Å². The molecule has 0 fully saturated rings. The molecule has 1 aromatic carbocycles. The van der Waals surface area contributed by atoms with Crippen LogP contribution < -0.4 is 0 Å². The highest BCUT2D eigenvalue weighted by Crippen LogP contribution is 2.16. The van der Waals surface area contributed by atoms with E-state index in [-0.39, 0.29) is 11.7 Å². The summed E-state index contributed by atoms with van der Waals surface area (Å²) < 4.78 is 13.6. The van der Waals surface area contributed by atoms with Gasteiger partial charge in [0.2, 0.25) is 0 Å². The van der Waals surface area contributed by atoms with Gasteiger partial charge in [0, 0.05) is 22.0 Å². The lowest BCUT2D eigenvalue weighted by atomic mass is 10.2. The summed E-state index contributed by atoms with van der Waals surface area (Å²) in [5, 5.41) is 0.872. The number of nitrogens with zero attached hydrogens (tertiary/aromatic N) is 1. The van der Waals surface area contributed by atoms with Gasteiger partial charge in [0.25, 0.3) is 5.91 Å². The Labute approximate surface area is 123 Å². The topological polar surface area (TPSA) is 20.3 Å². The van der Waals surface area contributed by atoms with Crippen LogP contribution in [0.2, 0.25) is 0 Å². The fraction of sp³-hybridized carbons (Fsp3) is 0.417. The predicted octanol–water partition coefficient (Wildman–Crippen LogP) is 3.68. The third kappa shape index (κ3) is 4.21. The number of carbonyl (C=O) groups excluding carboxylic acids is 1. The molecule has 0 aliphatic rings. The molecule has 0 saturated heterocycles. The minimum atomic E-state index is -0.311. The molecule has 0 saturated carbocycles. The van der Waals surface area contributed by atoms with E-state index in [1.165, 1.54) is 12.1 Å². The summed E-state index contributed by atoms with van der Waals surface area (Å²) >= 11 is 5.34. The lowest BCUT2D eigenvalue weighted by Gasteiger charge is -2.21. The second-order valence-electron chi connectivity index (χ2n) is 3.55. The number of hydrogen-bond acceptors (Lipinski definition) is 1. The average Bonchev–Trinajstić information content (AvgIpc) is 2.29. The largest absolute Gasteiger partial charge is 0.339 e. The van der Waals surface area contributed by atoms with Crippen LogP contribution in [0.3, 0.4) is 0 Å². The Bertz CT molecular complexity index is 400. The summed E-state index contributed by atoms with van der Waals surface area (Å²) in [6.07, 6.45) is 0.914. The molecule has 5 heteroatoms. The first-order chi connectivity index (χ1) is 8.10. The first kappa shape index (κ1) is 14.9. The number of amides is 1. The molecule has 0 unspecified atom stereocenters. The van der Waals surface area contributed by atoms with E-state index in [4.69, 9.17) is 0 Å². The standard InChI is InChI=1S/C12H14BrFINO/c1-2-16(7-3-6-13)12(17)10-5-4-9(14)8-11(10)15/h4-5,8H,2-3,6-7H2,1H3. The highest BCUT2D eigenvalue weighted by molar-refractivity contribution is 14.1. The van der Waals surface area contributed by atoms with Gasteiger partial charge in [-0.2, -0.15) is 0 Å². The van der Waals surface area contributed by atoms with Crippen molar-refractivity contribution < 1.29 is 9.18 Å². The Hall–Kier alpha value is -0.170. The summed E-state index contributed by atoms with van der Waals surface area (Å²) in [5.41, 5.74) is 0.573. The summed E-state index contributed by atoms with van der Waals surface area (Å²) in [7, 11) is 0. The van der Waals surface area contributed by atoms with Crippen molar-refractivity contribution in [3.63, 3.8) is 0 Å². The van der Waals surface area contributed by atoms with E-state index in [0.29, 0.717) is 22.2 Å². The Balaban J connectivity index is 2.86. The monoisotopic (exact) mass is 413 g/mol. The zero-order valence-corrected chi connectivity index (χ0v) is 13.3. The van der Waals surface area contributed by atoms with Gasteiger partial charge in [-0.3, -0.25) is 4.79 Å². The molecule has 2 nitrogen and oxygen atoms in total. The van der Waals surface area contributed by atoms with Crippen molar-refractivity contribution in [3.8, 4) is 0 Å². The zero-order chi connectivity index (χ0) is 12.8. The van der Waals surface area contributed by atoms with E-state index in [0.717, 1.165) is 11.8 Å². The lowest BCUT2D eigenvalue weighted by Crippen LogP contribution is -2.32. The molecule has 94 valence electrons. The third-order valence-corrected chi connectivity index (χ3v) is 3.85. The summed E-state index contributed by atoms with van der Waals surface area (Å²) in [5.74, 6) is -0.340. The van der Waals surface area contributed by atoms with E-state index in [2.05, 4.69) is 15.9 Å². The maximum Gasteiger partial charge on any atom is 0.254 e. The molecule has 0 N–H and O–H groups in total. The van der Waals surface area contributed by atoms with Gasteiger partial charge < -0.3 is 4.90 Å². The van der Waals surface area contributed by atoms with Gasteiger partial charge in [0.15, 0.2) is 0 Å². The van der Waals surface area contributed by atoms with E-state index < -0.39 is 0 Å². The minimum Gasteiger partial charge on any atom is -0.339 e. The van der Waals surface area contributed by atoms with Gasteiger partial charge >= 0.3 is 0 Å². The molecular formula is C12H14BrFINO. The maximum absolute atomic E-state index is 13.0. The van der Waals surface area contributed by atoms with Crippen LogP contribution in [-0.2, 0) is 0 Å². The molecule has 0 aliphatic heterocycles. The van der Waals surface area contributed by atoms with Crippen molar-refractivity contribution in [2.24, 2.45) is 0 Å². The number of benzene rings is 1. The van der Waals surface area contributed by atoms with Crippen molar-refractivity contribution in [3.05, 3.63) is 33.1 Å². The van der Waals surface area contributed by atoms with E-state index in [1.807, 2.05) is 29.5 Å². The highest BCUT2D eigenvalue weighted by atomic mass is 127.